The van der Waals surface area contributed by atoms with Gasteiger partial charge in [0.05, 0.1) is 23.7 Å². The molecular formula is C18H18N4O3S2. The van der Waals surface area contributed by atoms with Crippen molar-refractivity contribution in [2.24, 2.45) is 4.99 Å². The summed E-state index contributed by atoms with van der Waals surface area (Å²) in [6, 6.07) is 10.5. The van der Waals surface area contributed by atoms with Gasteiger partial charge in [-0.1, -0.05) is 36.0 Å². The molecule has 2 fully saturated rings. The predicted octanol–water partition coefficient (Wildman–Crippen LogP) is 1.79. The van der Waals surface area contributed by atoms with Crippen LogP contribution in [0, 0.1) is 11.3 Å². The number of fused-ring (bicyclic) bond motifs is 1. The van der Waals surface area contributed by atoms with Crippen molar-refractivity contribution in [2.45, 2.75) is 11.3 Å². The van der Waals surface area contributed by atoms with E-state index >= 15 is 0 Å². The Kier molecular flexibility index (Phi) is 5.68. The molecule has 0 unspecified atom stereocenters. The Morgan fingerprint density at radius 1 is 1.41 bits per heavy atom. The fourth-order valence-corrected chi connectivity index (χ4v) is 6.92. The van der Waals surface area contributed by atoms with Gasteiger partial charge in [-0.2, -0.15) is 5.26 Å². The van der Waals surface area contributed by atoms with Crippen LogP contribution in [-0.2, 0) is 14.6 Å². The number of carbonyl (C=O) groups is 1. The molecule has 0 radical (unpaired) electrons. The van der Waals surface area contributed by atoms with E-state index in [1.54, 1.807) is 30.3 Å². The van der Waals surface area contributed by atoms with Crippen LogP contribution in [0.5, 0.6) is 0 Å². The maximum absolute atomic E-state index is 12.2. The smallest absolute Gasteiger partial charge is 0.267 e. The van der Waals surface area contributed by atoms with Crippen LogP contribution in [0.1, 0.15) is 0 Å². The summed E-state index contributed by atoms with van der Waals surface area (Å²) in [5, 5.41) is 12.4. The van der Waals surface area contributed by atoms with Gasteiger partial charge in [0.25, 0.3) is 5.91 Å². The molecule has 0 aromatic heterocycles. The van der Waals surface area contributed by atoms with E-state index in [2.05, 4.69) is 16.9 Å². The molecule has 9 heteroatoms. The lowest BCUT2D eigenvalue weighted by atomic mass is 10.2. The van der Waals surface area contributed by atoms with Crippen LogP contribution in [0.25, 0.3) is 0 Å². The van der Waals surface area contributed by atoms with Crippen LogP contribution in [0.3, 0.4) is 0 Å². The van der Waals surface area contributed by atoms with Gasteiger partial charge in [-0.25, -0.2) is 13.4 Å². The largest absolute Gasteiger partial charge is 0.342 e. The summed E-state index contributed by atoms with van der Waals surface area (Å²) in [5.41, 5.74) is 0.453. The lowest BCUT2D eigenvalue weighted by molar-refractivity contribution is -0.112. The Labute approximate surface area is 162 Å². The standard InChI is InChI=1S/C18H18N4O3S2/c1-2-8-22-15-11-27(24,25)12-16(15)26-18(22)20-10-13(9-19)17(23)21-14-6-4-3-5-7-14/h2-7,10,15-16H,1,8,11-12H2,(H,21,23)/b13-10+,20-18?/t15-,16+/m1/s1. The highest BCUT2D eigenvalue weighted by molar-refractivity contribution is 8.15. The zero-order valence-electron chi connectivity index (χ0n) is 14.4. The fraction of sp³-hybridized carbons (Fsp3) is 0.278. The lowest BCUT2D eigenvalue weighted by Gasteiger charge is -2.22. The number of rotatable bonds is 5. The number of hydrogen-bond donors (Lipinski definition) is 1. The minimum atomic E-state index is -3.05. The van der Waals surface area contributed by atoms with E-state index in [-0.39, 0.29) is 28.4 Å². The summed E-state index contributed by atoms with van der Waals surface area (Å²) in [6.07, 6.45) is 2.91. The van der Waals surface area contributed by atoms with Crippen LogP contribution >= 0.6 is 11.8 Å². The normalized spacial score (nSPS) is 25.1. The molecule has 2 heterocycles. The van der Waals surface area contributed by atoms with Gasteiger partial charge in [0.1, 0.15) is 11.6 Å². The summed E-state index contributed by atoms with van der Waals surface area (Å²) in [5.74, 6) is -0.354. The lowest BCUT2D eigenvalue weighted by Crippen LogP contribution is -2.37. The van der Waals surface area contributed by atoms with Gasteiger partial charge >= 0.3 is 0 Å². The second-order valence-electron chi connectivity index (χ2n) is 6.13. The molecular weight excluding hydrogens is 384 g/mol. The molecule has 0 saturated carbocycles. The molecule has 1 N–H and O–H groups in total. The van der Waals surface area contributed by atoms with Crippen LogP contribution < -0.4 is 5.32 Å². The molecule has 2 aliphatic rings. The molecule has 3 rings (SSSR count). The van der Waals surface area contributed by atoms with Crippen molar-refractivity contribution in [1.29, 1.82) is 5.26 Å². The number of amidine groups is 1. The van der Waals surface area contributed by atoms with Gasteiger partial charge in [0.15, 0.2) is 15.0 Å². The first kappa shape index (κ1) is 19.2. The highest BCUT2D eigenvalue weighted by atomic mass is 32.2. The Bertz CT molecular complexity index is 949. The summed E-state index contributed by atoms with van der Waals surface area (Å²) in [6.45, 7) is 4.16. The number of nitrogens with zero attached hydrogens (tertiary/aromatic N) is 3. The van der Waals surface area contributed by atoms with Crippen LogP contribution in [-0.4, -0.2) is 53.7 Å². The molecule has 2 atom stereocenters. The zero-order chi connectivity index (χ0) is 19.4. The van der Waals surface area contributed by atoms with Crippen molar-refractivity contribution < 1.29 is 13.2 Å². The van der Waals surface area contributed by atoms with Gasteiger partial charge in [0, 0.05) is 17.5 Å². The van der Waals surface area contributed by atoms with E-state index in [4.69, 9.17) is 0 Å². The molecule has 1 aromatic rings. The van der Waals surface area contributed by atoms with Crippen molar-refractivity contribution in [3.63, 3.8) is 0 Å². The molecule has 2 saturated heterocycles. The number of anilines is 1. The maximum Gasteiger partial charge on any atom is 0.267 e. The molecule has 1 aromatic carbocycles. The van der Waals surface area contributed by atoms with E-state index in [1.165, 1.54) is 18.0 Å². The van der Waals surface area contributed by atoms with E-state index < -0.39 is 15.7 Å². The second-order valence-corrected chi connectivity index (χ2v) is 9.49. The number of sulfone groups is 1. The molecule has 7 nitrogen and oxygen atoms in total. The topological polar surface area (TPSA) is 103 Å². The first-order valence-electron chi connectivity index (χ1n) is 8.22. The Hall–Kier alpha value is -2.57. The number of benzene rings is 1. The first-order valence-corrected chi connectivity index (χ1v) is 10.9. The number of nitrogens with one attached hydrogen (secondary N) is 1. The summed E-state index contributed by atoms with van der Waals surface area (Å²) >= 11 is 1.36. The SMILES string of the molecule is C=CCN1C(=N/C=C(\C#N)C(=O)Nc2ccccc2)S[C@H]2CS(=O)(=O)C[C@H]21. The number of amides is 1. The predicted molar refractivity (Wildman–Crippen MR) is 107 cm³/mol. The zero-order valence-corrected chi connectivity index (χ0v) is 16.0. The number of para-hydroxylation sites is 1. The highest BCUT2D eigenvalue weighted by Crippen LogP contribution is 2.38. The molecule has 2 aliphatic heterocycles. The summed E-state index contributed by atoms with van der Waals surface area (Å²) in [4.78, 5) is 18.4. The molecule has 1 amide bonds. The number of aliphatic imine (C=N–C) groups is 1. The van der Waals surface area contributed by atoms with Crippen LogP contribution in [0.4, 0.5) is 5.69 Å². The Morgan fingerprint density at radius 2 is 2.15 bits per heavy atom. The van der Waals surface area contributed by atoms with Crippen molar-refractivity contribution in [3.05, 3.63) is 54.8 Å². The number of thioether (sulfide) groups is 1. The fourth-order valence-electron chi connectivity index (χ4n) is 2.98. The molecule has 0 bridgehead atoms. The third kappa shape index (κ3) is 4.40. The first-order chi connectivity index (χ1) is 12.9. The molecule has 140 valence electrons. The third-order valence-electron chi connectivity index (χ3n) is 4.20. The third-order valence-corrected chi connectivity index (χ3v) is 7.46. The van der Waals surface area contributed by atoms with Gasteiger partial charge in [-0.15, -0.1) is 6.58 Å². The summed E-state index contributed by atoms with van der Waals surface area (Å²) < 4.78 is 23.7. The van der Waals surface area contributed by atoms with Crippen LogP contribution in [0.2, 0.25) is 0 Å². The van der Waals surface area contributed by atoms with E-state index in [1.807, 2.05) is 17.0 Å². The van der Waals surface area contributed by atoms with Crippen molar-refractivity contribution >= 4 is 38.4 Å². The minimum Gasteiger partial charge on any atom is -0.342 e. The number of hydrogen-bond acceptors (Lipinski definition) is 6. The summed E-state index contributed by atoms with van der Waals surface area (Å²) in [7, 11) is -3.05. The maximum atomic E-state index is 12.2. The average molecular weight is 403 g/mol. The minimum absolute atomic E-state index is 0.0842. The van der Waals surface area contributed by atoms with E-state index in [0.717, 1.165) is 0 Å². The quantitative estimate of drug-likeness (QED) is 0.458. The van der Waals surface area contributed by atoms with E-state index in [9.17, 15) is 18.5 Å². The van der Waals surface area contributed by atoms with Gasteiger partial charge in [-0.3, -0.25) is 4.79 Å². The Balaban J connectivity index is 1.78. The number of carbonyl (C=O) groups excluding carboxylic acids is 1. The monoisotopic (exact) mass is 402 g/mol. The molecule has 0 spiro atoms. The van der Waals surface area contributed by atoms with Gasteiger partial charge < -0.3 is 10.2 Å². The van der Waals surface area contributed by atoms with E-state index in [0.29, 0.717) is 17.4 Å². The number of nitriles is 1. The van der Waals surface area contributed by atoms with Gasteiger partial charge in [-0.05, 0) is 12.1 Å². The highest BCUT2D eigenvalue weighted by Gasteiger charge is 2.48. The van der Waals surface area contributed by atoms with Crippen molar-refractivity contribution in [1.82, 2.24) is 4.90 Å². The van der Waals surface area contributed by atoms with Crippen molar-refractivity contribution in [3.8, 4) is 6.07 Å². The second kappa shape index (κ2) is 7.98. The van der Waals surface area contributed by atoms with Crippen molar-refractivity contribution in [2.75, 3.05) is 23.4 Å². The molecule has 27 heavy (non-hydrogen) atoms. The average Bonchev–Trinajstić information content (AvgIpc) is 3.09. The van der Waals surface area contributed by atoms with Crippen LogP contribution in [0.15, 0.2) is 59.8 Å². The Morgan fingerprint density at radius 3 is 2.81 bits per heavy atom. The van der Waals surface area contributed by atoms with Gasteiger partial charge in [0.2, 0.25) is 0 Å². The molecule has 0 aliphatic carbocycles.